The molecule has 0 aromatic heterocycles. The number of benzene rings is 1. The Labute approximate surface area is 72.9 Å². The summed E-state index contributed by atoms with van der Waals surface area (Å²) in [5.74, 6) is 1.37. The van der Waals surface area contributed by atoms with E-state index in [4.69, 9.17) is 0 Å². The van der Waals surface area contributed by atoms with Gasteiger partial charge in [-0.05, 0) is 0 Å². The van der Waals surface area contributed by atoms with Crippen molar-refractivity contribution in [3.8, 4) is 0 Å². The average Bonchev–Trinajstić information content (AvgIpc) is 2.27. The third-order valence-corrected chi connectivity index (χ3v) is 8.86. The molecule has 0 amide bonds. The summed E-state index contributed by atoms with van der Waals surface area (Å²) >= 11 is 0.219. The number of hydrogen-bond donors (Lipinski definition) is 0. The molecular weight excluding hydrogens is 256 g/mol. The molecule has 2 rings (SSSR count). The van der Waals surface area contributed by atoms with Crippen LogP contribution in [-0.4, -0.2) is 25.8 Å². The van der Waals surface area contributed by atoms with Crippen LogP contribution in [0.25, 0.3) is 0 Å². The summed E-state index contributed by atoms with van der Waals surface area (Å²) in [6.45, 7) is 0. The summed E-state index contributed by atoms with van der Waals surface area (Å²) in [6.07, 6.45) is 2.40. The zero-order valence-electron chi connectivity index (χ0n) is 5.83. The predicted octanol–water partition coefficient (Wildman–Crippen LogP) is 0.693. The molecule has 52 valence electrons. The molecule has 1 aromatic rings. The molecule has 0 nitrogen and oxygen atoms in total. The molecule has 0 aliphatic carbocycles. The Hall–Kier alpha value is 0.360. The van der Waals surface area contributed by atoms with Crippen molar-refractivity contribution in [1.82, 2.24) is 0 Å². The van der Waals surface area contributed by atoms with Crippen molar-refractivity contribution in [1.29, 1.82) is 0 Å². The Morgan fingerprint density at radius 3 is 3.00 bits per heavy atom. The number of rotatable bonds is 0. The Morgan fingerprint density at radius 1 is 1.40 bits per heavy atom. The fourth-order valence-corrected chi connectivity index (χ4v) is 8.84. The molecule has 1 heterocycles. The zero-order valence-corrected chi connectivity index (χ0v) is 8.98. The van der Waals surface area contributed by atoms with Gasteiger partial charge in [0.1, 0.15) is 0 Å². The summed E-state index contributed by atoms with van der Waals surface area (Å²) in [4.78, 5) is 0. The quantitative estimate of drug-likeness (QED) is 0.478. The van der Waals surface area contributed by atoms with E-state index in [0.29, 0.717) is 0 Å². The van der Waals surface area contributed by atoms with Crippen molar-refractivity contribution in [3.05, 3.63) is 29.8 Å². The van der Waals surface area contributed by atoms with Crippen molar-refractivity contribution < 1.29 is 0 Å². The molecule has 0 saturated heterocycles. The van der Waals surface area contributed by atoms with Gasteiger partial charge < -0.3 is 0 Å². The maximum atomic E-state index is 2.40. The van der Waals surface area contributed by atoms with E-state index in [1.54, 1.807) is 9.17 Å². The van der Waals surface area contributed by atoms with E-state index < -0.39 is 0 Å². The van der Waals surface area contributed by atoms with Crippen LogP contribution >= 0.6 is 0 Å². The third kappa shape index (κ3) is 1.21. The van der Waals surface area contributed by atoms with Gasteiger partial charge in [0, 0.05) is 0 Å². The second-order valence-corrected chi connectivity index (χ2v) is 11.6. The monoisotopic (exact) mass is 267 g/mol. The van der Waals surface area contributed by atoms with Crippen LogP contribution in [0, 0.1) is 0 Å². The van der Waals surface area contributed by atoms with Crippen LogP contribution in [0.2, 0.25) is 0 Å². The van der Waals surface area contributed by atoms with Crippen LogP contribution in [0.1, 0.15) is 5.56 Å². The molecule has 0 saturated carbocycles. The van der Waals surface area contributed by atoms with Crippen LogP contribution < -0.4 is 3.61 Å². The molecule has 1 atom stereocenters. The van der Waals surface area contributed by atoms with Gasteiger partial charge in [-0.3, -0.25) is 0 Å². The summed E-state index contributed by atoms with van der Waals surface area (Å²) in [5.41, 5.74) is 1.63. The minimum absolute atomic E-state index is 0.219. The molecule has 1 aromatic carbocycles. The Bertz CT molecular complexity index is 222. The first-order valence-electron chi connectivity index (χ1n) is 3.25. The number of fused-ring (bicyclic) bond motifs is 1. The first-order valence-corrected chi connectivity index (χ1v) is 9.00. The van der Waals surface area contributed by atoms with Crippen LogP contribution in [-0.2, 0) is 13.9 Å². The molecule has 10 heavy (non-hydrogen) atoms. The first kappa shape index (κ1) is 7.03. The van der Waals surface area contributed by atoms with E-state index in [-0.39, 0.29) is 19.5 Å². The van der Waals surface area contributed by atoms with Crippen molar-refractivity contribution >= 4 is 31.3 Å². The van der Waals surface area contributed by atoms with Gasteiger partial charge in [-0.15, -0.1) is 0 Å². The molecule has 0 bridgehead atoms. The average molecular weight is 265 g/mol. The van der Waals surface area contributed by atoms with Gasteiger partial charge in [-0.25, -0.2) is 0 Å². The van der Waals surface area contributed by atoms with Gasteiger partial charge in [0.2, 0.25) is 0 Å². The molecule has 2 heteroatoms. The summed E-state index contributed by atoms with van der Waals surface area (Å²) in [6, 6.07) is 8.94. The van der Waals surface area contributed by atoms with Gasteiger partial charge in [0.15, 0.2) is 0 Å². The molecule has 1 unspecified atom stereocenters. The molecular formula is C8H9STe+. The van der Waals surface area contributed by atoms with E-state index >= 15 is 0 Å². The molecule has 1 aliphatic heterocycles. The zero-order chi connectivity index (χ0) is 6.97. The second kappa shape index (κ2) is 2.77. The van der Waals surface area contributed by atoms with E-state index in [1.807, 2.05) is 0 Å². The molecule has 0 radical (unpaired) electrons. The van der Waals surface area contributed by atoms with E-state index in [1.165, 1.54) is 5.75 Å². The van der Waals surface area contributed by atoms with Crippen molar-refractivity contribution in [2.24, 2.45) is 0 Å². The third-order valence-electron chi connectivity index (χ3n) is 1.56. The predicted molar refractivity (Wildman–Crippen MR) is 48.8 cm³/mol. The van der Waals surface area contributed by atoms with E-state index in [0.717, 1.165) is 8.12 Å². The van der Waals surface area contributed by atoms with Gasteiger partial charge in [-0.1, -0.05) is 0 Å². The molecule has 0 spiro atoms. The van der Waals surface area contributed by atoms with Gasteiger partial charge in [-0.2, -0.15) is 0 Å². The van der Waals surface area contributed by atoms with Crippen LogP contribution in [0.15, 0.2) is 24.3 Å². The fourth-order valence-electron chi connectivity index (χ4n) is 1.11. The minimum atomic E-state index is 0.219. The van der Waals surface area contributed by atoms with Crippen LogP contribution in [0.5, 0.6) is 0 Å². The van der Waals surface area contributed by atoms with Gasteiger partial charge in [0.25, 0.3) is 0 Å². The van der Waals surface area contributed by atoms with Gasteiger partial charge in [0.05, 0.1) is 0 Å². The van der Waals surface area contributed by atoms with Crippen molar-refractivity contribution in [2.45, 2.75) is 5.75 Å². The first-order chi connectivity index (χ1) is 4.86. The van der Waals surface area contributed by atoms with Crippen LogP contribution in [0.3, 0.4) is 0 Å². The normalized spacial score (nSPS) is 22.7. The van der Waals surface area contributed by atoms with E-state index in [2.05, 4.69) is 30.5 Å². The maximum absolute atomic E-state index is 2.40. The summed E-state index contributed by atoms with van der Waals surface area (Å²) < 4.78 is 1.71. The molecule has 0 N–H and O–H groups in total. The van der Waals surface area contributed by atoms with Crippen molar-refractivity contribution in [3.63, 3.8) is 0 Å². The summed E-state index contributed by atoms with van der Waals surface area (Å²) in [5, 5.41) is 0. The second-order valence-electron chi connectivity index (χ2n) is 2.41. The summed E-state index contributed by atoms with van der Waals surface area (Å²) in [7, 11) is 0.761. The van der Waals surface area contributed by atoms with Crippen molar-refractivity contribution in [2.75, 3.05) is 6.26 Å². The molecule has 1 aliphatic rings. The van der Waals surface area contributed by atoms with Crippen LogP contribution in [0.4, 0.5) is 0 Å². The Morgan fingerprint density at radius 2 is 2.20 bits per heavy atom. The number of hydrogen-bond acceptors (Lipinski definition) is 0. The fraction of sp³-hybridized carbons (Fsp3) is 0.250. The van der Waals surface area contributed by atoms with Gasteiger partial charge >= 0.3 is 73.1 Å². The SMILES string of the molecule is C[S+]1Cc2ccccc2[Te]1. The van der Waals surface area contributed by atoms with E-state index in [9.17, 15) is 0 Å². The standard InChI is InChI=1S/C8H9STe/c1-9-6-7-4-2-3-5-8(7)10-9/h2-5H,6H2,1H3/q+1. The topological polar surface area (TPSA) is 0 Å². The Kier molecular flexibility index (Phi) is 1.95. The molecule has 0 fully saturated rings. The Balaban J connectivity index is 2.42.